The van der Waals surface area contributed by atoms with Crippen molar-refractivity contribution in [1.29, 1.82) is 10.8 Å². The number of anilines is 3. The van der Waals surface area contributed by atoms with Crippen LogP contribution in [0.1, 0.15) is 27.4 Å². The number of oxazole rings is 1. The van der Waals surface area contributed by atoms with Crippen LogP contribution in [0.3, 0.4) is 0 Å². The van der Waals surface area contributed by atoms with Crippen LogP contribution in [0.15, 0.2) is 47.5 Å². The highest BCUT2D eigenvalue weighted by atomic mass is 16.3. The number of aromatic nitrogens is 2. The summed E-state index contributed by atoms with van der Waals surface area (Å²) in [4.78, 5) is 20.4. The summed E-state index contributed by atoms with van der Waals surface area (Å²) in [6.45, 7) is 0. The van der Waals surface area contributed by atoms with Crippen LogP contribution in [0.25, 0.3) is 0 Å². The molecule has 1 aromatic carbocycles. The highest BCUT2D eigenvalue weighted by molar-refractivity contribution is 6.13. The van der Waals surface area contributed by atoms with Gasteiger partial charge in [-0.05, 0) is 24.3 Å². The molecule has 0 saturated carbocycles. The van der Waals surface area contributed by atoms with E-state index >= 15 is 0 Å². The van der Waals surface area contributed by atoms with Crippen molar-refractivity contribution in [3.63, 3.8) is 0 Å². The molecular weight excluding hydrogens is 346 g/mol. The zero-order valence-electron chi connectivity index (χ0n) is 14.4. The smallest absolute Gasteiger partial charge is 0.274 e. The molecule has 0 fully saturated rings. The van der Waals surface area contributed by atoms with Crippen molar-refractivity contribution in [3.05, 3.63) is 65.6 Å². The molecule has 0 aliphatic rings. The van der Waals surface area contributed by atoms with Crippen LogP contribution in [-0.4, -0.2) is 34.8 Å². The van der Waals surface area contributed by atoms with Gasteiger partial charge in [-0.15, -0.1) is 0 Å². The third-order valence-corrected chi connectivity index (χ3v) is 3.85. The lowest BCUT2D eigenvalue weighted by Gasteiger charge is -2.11. The standard InChI is InChI=1S/C18H17N7O2/c1-22-15-7-24-14(4-10(15)6-19)18(26)25-11-2-3-13(20)12(5-11)17(21)16-8-23-9-27-16/h2-9,19,21-22H,20H2,1H3,(H,25,26). The van der Waals surface area contributed by atoms with E-state index in [4.69, 9.17) is 21.0 Å². The molecule has 1 amide bonds. The lowest BCUT2D eigenvalue weighted by Crippen LogP contribution is -2.15. The van der Waals surface area contributed by atoms with Gasteiger partial charge in [0.1, 0.15) is 11.4 Å². The lowest BCUT2D eigenvalue weighted by atomic mass is 10.1. The predicted octanol–water partition coefficient (Wildman–Crippen LogP) is 2.36. The number of nitrogens with zero attached hydrogens (tertiary/aromatic N) is 2. The zero-order chi connectivity index (χ0) is 19.4. The first kappa shape index (κ1) is 17.8. The Balaban J connectivity index is 1.86. The van der Waals surface area contributed by atoms with E-state index in [9.17, 15) is 4.79 Å². The Hall–Kier alpha value is -4.01. The number of carbonyl (C=O) groups excluding carboxylic acids is 1. The largest absolute Gasteiger partial charge is 0.442 e. The molecule has 6 N–H and O–H groups in total. The molecule has 3 aromatic rings. The molecule has 0 saturated heterocycles. The number of rotatable bonds is 6. The summed E-state index contributed by atoms with van der Waals surface area (Å²) in [5, 5.41) is 21.3. The molecular formula is C18H17N7O2. The van der Waals surface area contributed by atoms with E-state index in [0.717, 1.165) is 6.21 Å². The molecule has 0 bridgehead atoms. The van der Waals surface area contributed by atoms with Crippen LogP contribution in [0.4, 0.5) is 17.1 Å². The van der Waals surface area contributed by atoms with Crippen molar-refractivity contribution >= 4 is 34.9 Å². The Bertz CT molecular complexity index is 1010. The van der Waals surface area contributed by atoms with Crippen molar-refractivity contribution in [2.75, 3.05) is 23.4 Å². The second kappa shape index (κ2) is 7.48. The van der Waals surface area contributed by atoms with Crippen LogP contribution in [0.5, 0.6) is 0 Å². The van der Waals surface area contributed by atoms with E-state index in [0.29, 0.717) is 28.2 Å². The number of amides is 1. The SMILES string of the molecule is CNc1cnc(C(=O)Nc2ccc(N)c(C(=N)c3cnco3)c2)cc1C=N. The third kappa shape index (κ3) is 3.66. The number of benzene rings is 1. The number of carbonyl (C=O) groups is 1. The average molecular weight is 363 g/mol. The topological polar surface area (TPSA) is 154 Å². The van der Waals surface area contributed by atoms with Crippen LogP contribution in [-0.2, 0) is 0 Å². The first-order chi connectivity index (χ1) is 13.0. The normalized spacial score (nSPS) is 10.3. The van der Waals surface area contributed by atoms with Gasteiger partial charge >= 0.3 is 0 Å². The minimum atomic E-state index is -0.442. The fourth-order valence-corrected chi connectivity index (χ4v) is 2.44. The second-order valence-corrected chi connectivity index (χ2v) is 5.55. The Morgan fingerprint density at radius 2 is 2.11 bits per heavy atom. The molecule has 0 aliphatic heterocycles. The maximum Gasteiger partial charge on any atom is 0.274 e. The van der Waals surface area contributed by atoms with E-state index < -0.39 is 5.91 Å². The van der Waals surface area contributed by atoms with Gasteiger partial charge < -0.3 is 26.2 Å². The van der Waals surface area contributed by atoms with Crippen molar-refractivity contribution in [2.45, 2.75) is 0 Å². The molecule has 2 heterocycles. The highest BCUT2D eigenvalue weighted by Gasteiger charge is 2.15. The van der Waals surface area contributed by atoms with Gasteiger partial charge in [0.15, 0.2) is 12.2 Å². The number of nitrogens with two attached hydrogens (primary N) is 1. The predicted molar refractivity (Wildman–Crippen MR) is 103 cm³/mol. The van der Waals surface area contributed by atoms with Gasteiger partial charge in [0.2, 0.25) is 0 Å². The van der Waals surface area contributed by atoms with Crippen molar-refractivity contribution < 1.29 is 9.21 Å². The van der Waals surface area contributed by atoms with Crippen LogP contribution < -0.4 is 16.4 Å². The van der Waals surface area contributed by atoms with Crippen LogP contribution in [0.2, 0.25) is 0 Å². The Kier molecular flexibility index (Phi) is 4.93. The third-order valence-electron chi connectivity index (χ3n) is 3.85. The Labute approximate surface area is 154 Å². The van der Waals surface area contributed by atoms with E-state index in [1.165, 1.54) is 24.9 Å². The molecule has 136 valence electrons. The molecule has 0 unspecified atom stereocenters. The summed E-state index contributed by atoms with van der Waals surface area (Å²) in [7, 11) is 1.71. The quantitative estimate of drug-likeness (QED) is 0.334. The number of hydrogen-bond acceptors (Lipinski definition) is 8. The van der Waals surface area contributed by atoms with Gasteiger partial charge in [-0.3, -0.25) is 10.2 Å². The molecule has 9 nitrogen and oxygen atoms in total. The lowest BCUT2D eigenvalue weighted by molar-refractivity contribution is 0.102. The molecule has 3 rings (SSSR count). The van der Waals surface area contributed by atoms with Crippen molar-refractivity contribution in [1.82, 2.24) is 9.97 Å². The fourth-order valence-electron chi connectivity index (χ4n) is 2.44. The molecule has 0 aliphatic carbocycles. The Morgan fingerprint density at radius 1 is 1.30 bits per heavy atom. The van der Waals surface area contributed by atoms with Gasteiger partial charge in [-0.1, -0.05) is 0 Å². The monoisotopic (exact) mass is 363 g/mol. The molecule has 0 atom stereocenters. The maximum atomic E-state index is 12.5. The number of hydrogen-bond donors (Lipinski definition) is 5. The average Bonchev–Trinajstić information content (AvgIpc) is 3.23. The van der Waals surface area contributed by atoms with Gasteiger partial charge in [0, 0.05) is 35.8 Å². The first-order valence-corrected chi connectivity index (χ1v) is 7.90. The van der Waals surface area contributed by atoms with Crippen LogP contribution in [0, 0.1) is 10.8 Å². The van der Waals surface area contributed by atoms with Crippen molar-refractivity contribution in [2.24, 2.45) is 0 Å². The summed E-state index contributed by atoms with van der Waals surface area (Å²) in [5.74, 6) is -0.173. The summed E-state index contributed by atoms with van der Waals surface area (Å²) in [6.07, 6.45) is 5.28. The molecule has 0 radical (unpaired) electrons. The summed E-state index contributed by atoms with van der Waals surface area (Å²) >= 11 is 0. The van der Waals surface area contributed by atoms with Gasteiger partial charge in [-0.25, -0.2) is 9.97 Å². The Morgan fingerprint density at radius 3 is 2.78 bits per heavy atom. The molecule has 0 spiro atoms. The van der Waals surface area contributed by atoms with E-state index in [2.05, 4.69) is 20.6 Å². The fraction of sp³-hybridized carbons (Fsp3) is 0.0556. The molecule has 2 aromatic heterocycles. The summed E-state index contributed by atoms with van der Waals surface area (Å²) < 4.78 is 5.13. The van der Waals surface area contributed by atoms with Crippen LogP contribution >= 0.6 is 0 Å². The summed E-state index contributed by atoms with van der Waals surface area (Å²) in [6, 6.07) is 6.32. The number of pyridine rings is 1. The zero-order valence-corrected chi connectivity index (χ0v) is 14.4. The second-order valence-electron chi connectivity index (χ2n) is 5.55. The first-order valence-electron chi connectivity index (χ1n) is 7.90. The van der Waals surface area contributed by atoms with Gasteiger partial charge in [-0.2, -0.15) is 0 Å². The van der Waals surface area contributed by atoms with Crippen molar-refractivity contribution in [3.8, 4) is 0 Å². The van der Waals surface area contributed by atoms with E-state index in [-0.39, 0.29) is 17.2 Å². The minimum Gasteiger partial charge on any atom is -0.442 e. The molecule has 9 heteroatoms. The highest BCUT2D eigenvalue weighted by Crippen LogP contribution is 2.22. The number of nitrogen functional groups attached to an aromatic ring is 1. The van der Waals surface area contributed by atoms with Gasteiger partial charge in [0.25, 0.3) is 5.91 Å². The maximum absolute atomic E-state index is 12.5. The summed E-state index contributed by atoms with van der Waals surface area (Å²) in [5.41, 5.74) is 8.59. The molecule has 27 heavy (non-hydrogen) atoms. The van der Waals surface area contributed by atoms with E-state index in [1.54, 1.807) is 25.2 Å². The van der Waals surface area contributed by atoms with E-state index in [1.807, 2.05) is 0 Å². The van der Waals surface area contributed by atoms with Gasteiger partial charge in [0.05, 0.1) is 18.1 Å². The number of nitrogens with one attached hydrogen (secondary N) is 4. The minimum absolute atomic E-state index is 0.0590.